The molecule has 0 saturated carbocycles. The second-order valence-electron chi connectivity index (χ2n) is 3.64. The van der Waals surface area contributed by atoms with Gasteiger partial charge in [-0.15, -0.1) is 0 Å². The van der Waals surface area contributed by atoms with Gasteiger partial charge in [-0.1, -0.05) is 11.6 Å². The number of carboxylic acid groups (broad SMARTS) is 1. The quantitative estimate of drug-likeness (QED) is 0.824. The van der Waals surface area contributed by atoms with Crippen LogP contribution in [0.4, 0.5) is 5.82 Å². The Bertz CT molecular complexity index is 538. The van der Waals surface area contributed by atoms with Crippen molar-refractivity contribution in [2.75, 3.05) is 11.9 Å². The van der Waals surface area contributed by atoms with E-state index in [1.54, 1.807) is 6.07 Å². The van der Waals surface area contributed by atoms with Crippen molar-refractivity contribution in [3.8, 4) is 0 Å². The number of pyridine rings is 1. The summed E-state index contributed by atoms with van der Waals surface area (Å²) in [6.45, 7) is 1.90. The first-order valence-corrected chi connectivity index (χ1v) is 4.98. The normalized spacial score (nSPS) is 10.3. The van der Waals surface area contributed by atoms with E-state index in [-0.39, 0.29) is 6.54 Å². The zero-order valence-electron chi connectivity index (χ0n) is 8.90. The number of nitrogens with one attached hydrogen (secondary N) is 1. The van der Waals surface area contributed by atoms with Gasteiger partial charge in [-0.05, 0) is 31.2 Å². The molecule has 0 unspecified atom stereocenters. The number of nitrogens with zero attached hydrogens (tertiary/aromatic N) is 1. The van der Waals surface area contributed by atoms with Crippen LogP contribution in [0.5, 0.6) is 0 Å². The molecule has 0 atom stereocenters. The standard InChI is InChI=1S/C12H12N2O2/c1-8-2-4-10-9(6-8)3-5-11(14-10)13-7-12(15)16/h2-6H,7H2,1H3,(H,13,14)(H,15,16). The Balaban J connectivity index is 2.30. The van der Waals surface area contributed by atoms with Crippen molar-refractivity contribution in [2.24, 2.45) is 0 Å². The maximum atomic E-state index is 10.4. The minimum absolute atomic E-state index is 0.121. The number of aryl methyl sites for hydroxylation is 1. The topological polar surface area (TPSA) is 62.2 Å². The van der Waals surface area contributed by atoms with Gasteiger partial charge in [0.15, 0.2) is 0 Å². The summed E-state index contributed by atoms with van der Waals surface area (Å²) in [6, 6.07) is 9.67. The summed E-state index contributed by atoms with van der Waals surface area (Å²) in [4.78, 5) is 14.7. The summed E-state index contributed by atoms with van der Waals surface area (Å²) in [6.07, 6.45) is 0. The molecule has 0 amide bonds. The Hall–Kier alpha value is -2.10. The van der Waals surface area contributed by atoms with Crippen molar-refractivity contribution >= 4 is 22.7 Å². The number of benzene rings is 1. The van der Waals surface area contributed by atoms with E-state index in [4.69, 9.17) is 5.11 Å². The smallest absolute Gasteiger partial charge is 0.322 e. The third-order valence-electron chi connectivity index (χ3n) is 2.27. The molecule has 0 radical (unpaired) electrons. The van der Waals surface area contributed by atoms with Crippen LogP contribution in [-0.2, 0) is 4.79 Å². The van der Waals surface area contributed by atoms with Crippen LogP contribution in [0.2, 0.25) is 0 Å². The molecule has 4 heteroatoms. The third kappa shape index (κ3) is 2.28. The molecule has 16 heavy (non-hydrogen) atoms. The lowest BCUT2D eigenvalue weighted by atomic mass is 10.1. The molecule has 0 fully saturated rings. The molecule has 0 aliphatic rings. The summed E-state index contributed by atoms with van der Waals surface area (Å²) >= 11 is 0. The number of fused-ring (bicyclic) bond motifs is 1. The predicted molar refractivity (Wildman–Crippen MR) is 62.6 cm³/mol. The first kappa shape index (κ1) is 10.4. The molecule has 1 aromatic carbocycles. The van der Waals surface area contributed by atoms with Crippen molar-refractivity contribution in [1.82, 2.24) is 4.98 Å². The Kier molecular flexibility index (Phi) is 2.72. The van der Waals surface area contributed by atoms with Crippen LogP contribution in [-0.4, -0.2) is 22.6 Å². The molecule has 0 aliphatic heterocycles. The molecule has 0 saturated heterocycles. The molecular weight excluding hydrogens is 204 g/mol. The zero-order valence-corrected chi connectivity index (χ0v) is 8.90. The third-order valence-corrected chi connectivity index (χ3v) is 2.27. The summed E-state index contributed by atoms with van der Waals surface area (Å²) in [5.74, 6) is -0.315. The number of aliphatic carboxylic acids is 1. The first-order valence-electron chi connectivity index (χ1n) is 4.98. The van der Waals surface area contributed by atoms with Crippen molar-refractivity contribution in [3.63, 3.8) is 0 Å². The lowest BCUT2D eigenvalue weighted by Crippen LogP contribution is -2.13. The average Bonchev–Trinajstić information content (AvgIpc) is 2.26. The molecule has 1 aromatic heterocycles. The molecule has 82 valence electrons. The number of aromatic nitrogens is 1. The number of anilines is 1. The van der Waals surface area contributed by atoms with Crippen LogP contribution in [0.25, 0.3) is 10.9 Å². The minimum atomic E-state index is -0.897. The maximum Gasteiger partial charge on any atom is 0.322 e. The van der Waals surface area contributed by atoms with E-state index in [0.717, 1.165) is 10.9 Å². The van der Waals surface area contributed by atoms with Crippen LogP contribution in [0.1, 0.15) is 5.56 Å². The average molecular weight is 216 g/mol. The van der Waals surface area contributed by atoms with Gasteiger partial charge in [0.25, 0.3) is 0 Å². The van der Waals surface area contributed by atoms with Gasteiger partial charge in [0.05, 0.1) is 5.52 Å². The van der Waals surface area contributed by atoms with Gasteiger partial charge in [0, 0.05) is 5.39 Å². The SMILES string of the molecule is Cc1ccc2nc(NCC(=O)O)ccc2c1. The maximum absolute atomic E-state index is 10.4. The Morgan fingerprint density at radius 3 is 2.94 bits per heavy atom. The summed E-state index contributed by atoms with van der Waals surface area (Å²) in [5.41, 5.74) is 2.04. The number of hydrogen-bond donors (Lipinski definition) is 2. The van der Waals surface area contributed by atoms with E-state index in [9.17, 15) is 4.79 Å². The summed E-state index contributed by atoms with van der Waals surface area (Å²) < 4.78 is 0. The number of hydrogen-bond acceptors (Lipinski definition) is 3. The lowest BCUT2D eigenvalue weighted by molar-refractivity contribution is -0.134. The van der Waals surface area contributed by atoms with E-state index in [0.29, 0.717) is 5.82 Å². The largest absolute Gasteiger partial charge is 0.480 e. The minimum Gasteiger partial charge on any atom is -0.480 e. The van der Waals surface area contributed by atoms with Gasteiger partial charge in [-0.3, -0.25) is 4.79 Å². The van der Waals surface area contributed by atoms with Crippen molar-refractivity contribution in [2.45, 2.75) is 6.92 Å². The van der Waals surface area contributed by atoms with Crippen molar-refractivity contribution < 1.29 is 9.90 Å². The monoisotopic (exact) mass is 216 g/mol. The molecule has 2 rings (SSSR count). The second kappa shape index (κ2) is 4.18. The van der Waals surface area contributed by atoms with Gasteiger partial charge in [0.1, 0.15) is 12.4 Å². The van der Waals surface area contributed by atoms with E-state index in [2.05, 4.69) is 10.3 Å². The molecule has 2 N–H and O–H groups in total. The molecule has 0 spiro atoms. The van der Waals surface area contributed by atoms with Crippen LogP contribution in [0.3, 0.4) is 0 Å². The van der Waals surface area contributed by atoms with E-state index >= 15 is 0 Å². The first-order chi connectivity index (χ1) is 7.65. The van der Waals surface area contributed by atoms with E-state index < -0.39 is 5.97 Å². The number of rotatable bonds is 3. The lowest BCUT2D eigenvalue weighted by Gasteiger charge is -2.04. The Morgan fingerprint density at radius 1 is 1.38 bits per heavy atom. The predicted octanol–water partition coefficient (Wildman–Crippen LogP) is 2.04. The molecule has 0 aliphatic carbocycles. The highest BCUT2D eigenvalue weighted by Crippen LogP contribution is 2.16. The number of carboxylic acids is 1. The molecular formula is C12H12N2O2. The van der Waals surface area contributed by atoms with E-state index in [1.165, 1.54) is 5.56 Å². The summed E-state index contributed by atoms with van der Waals surface area (Å²) in [7, 11) is 0. The van der Waals surface area contributed by atoms with Gasteiger partial charge in [0.2, 0.25) is 0 Å². The van der Waals surface area contributed by atoms with Crippen LogP contribution in [0, 0.1) is 6.92 Å². The van der Waals surface area contributed by atoms with Gasteiger partial charge in [-0.25, -0.2) is 4.98 Å². The molecule has 1 heterocycles. The fourth-order valence-corrected chi connectivity index (χ4v) is 1.51. The Morgan fingerprint density at radius 2 is 2.19 bits per heavy atom. The van der Waals surface area contributed by atoms with Crippen molar-refractivity contribution in [3.05, 3.63) is 35.9 Å². The van der Waals surface area contributed by atoms with Crippen molar-refractivity contribution in [1.29, 1.82) is 0 Å². The van der Waals surface area contributed by atoms with Gasteiger partial charge in [-0.2, -0.15) is 0 Å². The highest BCUT2D eigenvalue weighted by molar-refractivity contribution is 5.81. The summed E-state index contributed by atoms with van der Waals surface area (Å²) in [5, 5.41) is 12.3. The van der Waals surface area contributed by atoms with Gasteiger partial charge < -0.3 is 10.4 Å². The fourth-order valence-electron chi connectivity index (χ4n) is 1.51. The van der Waals surface area contributed by atoms with Gasteiger partial charge >= 0.3 is 5.97 Å². The highest BCUT2D eigenvalue weighted by Gasteiger charge is 2.00. The molecule has 4 nitrogen and oxygen atoms in total. The highest BCUT2D eigenvalue weighted by atomic mass is 16.4. The van der Waals surface area contributed by atoms with Crippen LogP contribution in [0.15, 0.2) is 30.3 Å². The van der Waals surface area contributed by atoms with E-state index in [1.807, 2.05) is 31.2 Å². The molecule has 0 bridgehead atoms. The fraction of sp³-hybridized carbons (Fsp3) is 0.167. The number of carbonyl (C=O) groups is 1. The second-order valence-corrected chi connectivity index (χ2v) is 3.64. The van der Waals surface area contributed by atoms with Crippen LogP contribution >= 0.6 is 0 Å². The van der Waals surface area contributed by atoms with Crippen LogP contribution < -0.4 is 5.32 Å². The molecule has 2 aromatic rings. The zero-order chi connectivity index (χ0) is 11.5. The Labute approximate surface area is 92.9 Å².